The molecule has 0 amide bonds. The van der Waals surface area contributed by atoms with E-state index in [1.807, 2.05) is 0 Å². The van der Waals surface area contributed by atoms with Gasteiger partial charge in [-0.2, -0.15) is 0 Å². The van der Waals surface area contributed by atoms with Gasteiger partial charge in [0, 0.05) is 6.54 Å². The largest absolute Gasteiger partial charge is 0.390 e. The predicted molar refractivity (Wildman–Crippen MR) is 28.4 cm³/mol. The molecule has 1 fully saturated rings. The van der Waals surface area contributed by atoms with E-state index in [1.54, 1.807) is 0 Å². The molecule has 1 saturated heterocycles. The highest BCUT2D eigenvalue weighted by Gasteiger charge is 2.20. The molecule has 2 atom stereocenters. The van der Waals surface area contributed by atoms with Gasteiger partial charge >= 0.3 is 0 Å². The highest BCUT2D eigenvalue weighted by molar-refractivity contribution is 4.75. The van der Waals surface area contributed by atoms with Crippen LogP contribution in [-0.4, -0.2) is 30.5 Å². The number of rotatable bonds is 0. The number of piperidine rings is 1. The van der Waals surface area contributed by atoms with E-state index in [0.717, 1.165) is 6.54 Å². The van der Waals surface area contributed by atoms with E-state index in [-0.39, 0.29) is 0 Å². The first-order chi connectivity index (χ1) is 3.80. The van der Waals surface area contributed by atoms with Crippen LogP contribution in [0.25, 0.3) is 0 Å². The van der Waals surface area contributed by atoms with E-state index >= 15 is 0 Å². The van der Waals surface area contributed by atoms with Gasteiger partial charge in [-0.1, -0.05) is 0 Å². The van der Waals surface area contributed by atoms with Crippen molar-refractivity contribution in [2.75, 3.05) is 13.1 Å². The summed E-state index contributed by atoms with van der Waals surface area (Å²) in [4.78, 5) is 0. The van der Waals surface area contributed by atoms with Gasteiger partial charge in [0.1, 0.15) is 6.17 Å². The van der Waals surface area contributed by atoms with Crippen LogP contribution < -0.4 is 5.32 Å². The van der Waals surface area contributed by atoms with Crippen molar-refractivity contribution in [2.45, 2.75) is 18.7 Å². The summed E-state index contributed by atoms with van der Waals surface area (Å²) in [5.41, 5.74) is 0. The molecule has 0 aromatic heterocycles. The molecule has 0 bridgehead atoms. The summed E-state index contributed by atoms with van der Waals surface area (Å²) in [6, 6.07) is 0. The zero-order valence-electron chi connectivity index (χ0n) is 4.60. The molecule has 48 valence electrons. The minimum atomic E-state index is -1.05. The first-order valence-corrected chi connectivity index (χ1v) is 2.83. The second kappa shape index (κ2) is 2.42. The highest BCUT2D eigenvalue weighted by Crippen LogP contribution is 2.05. The van der Waals surface area contributed by atoms with Crippen molar-refractivity contribution >= 4 is 0 Å². The summed E-state index contributed by atoms with van der Waals surface area (Å²) in [6.07, 6.45) is -1.23. The topological polar surface area (TPSA) is 32.3 Å². The molecule has 2 N–H and O–H groups in total. The number of aliphatic hydroxyl groups is 1. The van der Waals surface area contributed by atoms with E-state index in [9.17, 15) is 4.39 Å². The molecular weight excluding hydrogens is 109 g/mol. The molecule has 1 aliphatic rings. The van der Waals surface area contributed by atoms with Crippen molar-refractivity contribution in [3.63, 3.8) is 0 Å². The number of nitrogens with one attached hydrogen (secondary N) is 1. The Balaban J connectivity index is 2.28. The van der Waals surface area contributed by atoms with Crippen molar-refractivity contribution in [1.82, 2.24) is 5.32 Å². The van der Waals surface area contributed by atoms with Crippen LogP contribution in [0.2, 0.25) is 0 Å². The Kier molecular flexibility index (Phi) is 1.81. The lowest BCUT2D eigenvalue weighted by molar-refractivity contribution is 0.0532. The Morgan fingerprint density at radius 3 is 2.75 bits per heavy atom. The molecule has 0 aliphatic carbocycles. The Hall–Kier alpha value is -0.150. The number of halogens is 1. The van der Waals surface area contributed by atoms with Gasteiger partial charge in [-0.05, 0) is 13.0 Å². The van der Waals surface area contributed by atoms with Gasteiger partial charge in [0.15, 0.2) is 0 Å². The SMILES string of the molecule is O[C@H]1CCNCC1F. The second-order valence-corrected chi connectivity index (χ2v) is 2.08. The van der Waals surface area contributed by atoms with Crippen LogP contribution in [-0.2, 0) is 0 Å². The molecule has 1 unspecified atom stereocenters. The molecule has 0 radical (unpaired) electrons. The van der Waals surface area contributed by atoms with Gasteiger partial charge in [0.05, 0.1) is 6.10 Å². The van der Waals surface area contributed by atoms with E-state index in [4.69, 9.17) is 5.11 Å². The van der Waals surface area contributed by atoms with Crippen LogP contribution >= 0.6 is 0 Å². The van der Waals surface area contributed by atoms with Gasteiger partial charge in [-0.15, -0.1) is 0 Å². The molecule has 8 heavy (non-hydrogen) atoms. The number of aliphatic hydroxyl groups excluding tert-OH is 1. The minimum absolute atomic E-state index is 0.307. The maximum atomic E-state index is 12.3. The smallest absolute Gasteiger partial charge is 0.138 e. The Labute approximate surface area is 47.7 Å². The third-order valence-electron chi connectivity index (χ3n) is 1.37. The first kappa shape index (κ1) is 5.98. The molecule has 0 saturated carbocycles. The van der Waals surface area contributed by atoms with E-state index < -0.39 is 12.3 Å². The van der Waals surface area contributed by atoms with Gasteiger partial charge in [0.2, 0.25) is 0 Å². The lowest BCUT2D eigenvalue weighted by atomic mass is 10.1. The highest BCUT2D eigenvalue weighted by atomic mass is 19.1. The van der Waals surface area contributed by atoms with E-state index in [1.165, 1.54) is 0 Å². The van der Waals surface area contributed by atoms with Crippen molar-refractivity contribution in [3.8, 4) is 0 Å². The summed E-state index contributed by atoms with van der Waals surface area (Å²) < 4.78 is 12.3. The van der Waals surface area contributed by atoms with Gasteiger partial charge in [-0.25, -0.2) is 4.39 Å². The lowest BCUT2D eigenvalue weighted by Gasteiger charge is -2.21. The quantitative estimate of drug-likeness (QED) is 0.458. The van der Waals surface area contributed by atoms with E-state index in [2.05, 4.69) is 5.32 Å². The fourth-order valence-corrected chi connectivity index (χ4v) is 0.807. The minimum Gasteiger partial charge on any atom is -0.390 e. The molecular formula is C5H10FNO. The Bertz CT molecular complexity index is 68.8. The van der Waals surface area contributed by atoms with Crippen LogP contribution in [0.1, 0.15) is 6.42 Å². The molecule has 0 aromatic carbocycles. The van der Waals surface area contributed by atoms with Gasteiger partial charge in [0.25, 0.3) is 0 Å². The summed E-state index contributed by atoms with van der Waals surface area (Å²) in [5.74, 6) is 0. The van der Waals surface area contributed by atoms with Crippen LogP contribution in [0.3, 0.4) is 0 Å². The fraction of sp³-hybridized carbons (Fsp3) is 1.00. The van der Waals surface area contributed by atoms with Crippen LogP contribution in [0.5, 0.6) is 0 Å². The van der Waals surface area contributed by atoms with Crippen LogP contribution in [0.4, 0.5) is 4.39 Å². The molecule has 0 spiro atoms. The average molecular weight is 119 g/mol. The van der Waals surface area contributed by atoms with Crippen molar-refractivity contribution in [3.05, 3.63) is 0 Å². The molecule has 1 rings (SSSR count). The Morgan fingerprint density at radius 1 is 1.62 bits per heavy atom. The summed E-state index contributed by atoms with van der Waals surface area (Å²) >= 11 is 0. The maximum Gasteiger partial charge on any atom is 0.138 e. The molecule has 3 heteroatoms. The standard InChI is InChI=1S/C5H10FNO/c6-4-3-7-2-1-5(4)8/h4-5,7-8H,1-3H2/t4?,5-/m0/s1. The molecule has 2 nitrogen and oxygen atoms in total. The normalized spacial score (nSPS) is 39.8. The maximum absolute atomic E-state index is 12.3. The zero-order chi connectivity index (χ0) is 5.98. The van der Waals surface area contributed by atoms with Crippen LogP contribution in [0.15, 0.2) is 0 Å². The van der Waals surface area contributed by atoms with E-state index in [0.29, 0.717) is 13.0 Å². The zero-order valence-corrected chi connectivity index (χ0v) is 4.60. The average Bonchev–Trinajstić information content (AvgIpc) is 1.77. The van der Waals surface area contributed by atoms with Gasteiger partial charge < -0.3 is 10.4 Å². The van der Waals surface area contributed by atoms with Crippen LogP contribution in [0, 0.1) is 0 Å². The van der Waals surface area contributed by atoms with Crippen molar-refractivity contribution in [2.24, 2.45) is 0 Å². The Morgan fingerprint density at radius 2 is 2.38 bits per heavy atom. The summed E-state index contributed by atoms with van der Waals surface area (Å²) in [6.45, 7) is 1.04. The fourth-order valence-electron chi connectivity index (χ4n) is 0.807. The monoisotopic (exact) mass is 119 g/mol. The number of hydrogen-bond donors (Lipinski definition) is 2. The third kappa shape index (κ3) is 1.17. The van der Waals surface area contributed by atoms with Crippen molar-refractivity contribution in [1.29, 1.82) is 0 Å². The summed E-state index contributed by atoms with van der Waals surface area (Å²) in [5, 5.41) is 11.6. The molecule has 1 aliphatic heterocycles. The van der Waals surface area contributed by atoms with Crippen molar-refractivity contribution < 1.29 is 9.50 Å². The molecule has 0 aromatic rings. The molecule has 1 heterocycles. The second-order valence-electron chi connectivity index (χ2n) is 2.08. The predicted octanol–water partition coefficient (Wildman–Crippen LogP) is -0.321. The lowest BCUT2D eigenvalue weighted by Crippen LogP contribution is -2.41. The van der Waals surface area contributed by atoms with Gasteiger partial charge in [-0.3, -0.25) is 0 Å². The number of alkyl halides is 1. The third-order valence-corrected chi connectivity index (χ3v) is 1.37. The summed E-state index contributed by atoms with van der Waals surface area (Å²) in [7, 11) is 0. The number of hydrogen-bond acceptors (Lipinski definition) is 2. The first-order valence-electron chi connectivity index (χ1n) is 2.83.